The number of ether oxygens (including phenoxy) is 1. The van der Waals surface area contributed by atoms with Crippen LogP contribution in [0.15, 0.2) is 78.9 Å². The lowest BCUT2D eigenvalue weighted by Crippen LogP contribution is -2.40. The SMILES string of the molecule is CS(=O)(=O)N(CC(=O)NCCCc1ccccc1Cl)c1ccccc1Oc1ccccc1. The number of carbonyl (C=O) groups excluding carboxylic acids is 1. The minimum Gasteiger partial charge on any atom is -0.455 e. The van der Waals surface area contributed by atoms with Crippen LogP contribution in [-0.2, 0) is 21.2 Å². The van der Waals surface area contributed by atoms with Crippen molar-refractivity contribution in [3.63, 3.8) is 0 Å². The van der Waals surface area contributed by atoms with Gasteiger partial charge in [0, 0.05) is 11.6 Å². The molecule has 0 fully saturated rings. The predicted octanol–water partition coefficient (Wildman–Crippen LogP) is 4.65. The Kier molecular flexibility index (Phi) is 8.14. The number of para-hydroxylation sites is 3. The summed E-state index contributed by atoms with van der Waals surface area (Å²) in [6, 6.07) is 23.3. The molecule has 32 heavy (non-hydrogen) atoms. The molecule has 0 aliphatic heterocycles. The molecule has 0 aromatic heterocycles. The van der Waals surface area contributed by atoms with E-state index in [2.05, 4.69) is 5.32 Å². The molecule has 0 heterocycles. The second kappa shape index (κ2) is 11.0. The van der Waals surface area contributed by atoms with Crippen LogP contribution in [-0.4, -0.2) is 33.7 Å². The van der Waals surface area contributed by atoms with Gasteiger partial charge in [-0.15, -0.1) is 0 Å². The van der Waals surface area contributed by atoms with E-state index in [0.717, 1.165) is 16.1 Å². The standard InChI is InChI=1S/C24H25ClN2O4S/c1-32(29,30)27(18-24(28)26-17-9-11-19-10-5-6-14-21(19)25)22-15-7-8-16-23(22)31-20-12-3-2-4-13-20/h2-8,10,12-16H,9,11,17-18H2,1H3,(H,26,28). The fourth-order valence-electron chi connectivity index (χ4n) is 3.14. The van der Waals surface area contributed by atoms with E-state index in [1.54, 1.807) is 36.4 Å². The molecule has 1 N–H and O–H groups in total. The Balaban J connectivity index is 1.66. The zero-order valence-corrected chi connectivity index (χ0v) is 19.3. The van der Waals surface area contributed by atoms with Gasteiger partial charge in [-0.05, 0) is 48.7 Å². The van der Waals surface area contributed by atoms with Crippen LogP contribution in [0.1, 0.15) is 12.0 Å². The third-order valence-corrected chi connectivity index (χ3v) is 6.19. The van der Waals surface area contributed by atoms with Crippen molar-refractivity contribution in [2.75, 3.05) is 23.7 Å². The van der Waals surface area contributed by atoms with E-state index < -0.39 is 15.9 Å². The average molecular weight is 473 g/mol. The van der Waals surface area contributed by atoms with Crippen molar-refractivity contribution in [3.05, 3.63) is 89.4 Å². The van der Waals surface area contributed by atoms with E-state index in [1.165, 1.54) is 0 Å². The first-order chi connectivity index (χ1) is 15.3. The monoisotopic (exact) mass is 472 g/mol. The number of nitrogens with zero attached hydrogens (tertiary/aromatic N) is 1. The summed E-state index contributed by atoms with van der Waals surface area (Å²) in [5.74, 6) is 0.511. The lowest BCUT2D eigenvalue weighted by Gasteiger charge is -2.24. The number of benzene rings is 3. The molecule has 0 atom stereocenters. The number of halogens is 1. The Bertz CT molecular complexity index is 1150. The third kappa shape index (κ3) is 6.73. The summed E-state index contributed by atoms with van der Waals surface area (Å²) in [6.45, 7) is 0.0594. The number of nitrogens with one attached hydrogen (secondary N) is 1. The van der Waals surface area contributed by atoms with Crippen LogP contribution in [0.2, 0.25) is 5.02 Å². The van der Waals surface area contributed by atoms with Crippen LogP contribution in [0.5, 0.6) is 11.5 Å². The number of aryl methyl sites for hydroxylation is 1. The van der Waals surface area contributed by atoms with Crippen molar-refractivity contribution >= 4 is 33.2 Å². The number of carbonyl (C=O) groups is 1. The van der Waals surface area contributed by atoms with Gasteiger partial charge in [0.1, 0.15) is 12.3 Å². The summed E-state index contributed by atoms with van der Waals surface area (Å²) in [5.41, 5.74) is 1.30. The van der Waals surface area contributed by atoms with E-state index in [9.17, 15) is 13.2 Å². The van der Waals surface area contributed by atoms with Crippen molar-refractivity contribution < 1.29 is 17.9 Å². The van der Waals surface area contributed by atoms with Gasteiger partial charge in [-0.3, -0.25) is 9.10 Å². The van der Waals surface area contributed by atoms with E-state index in [-0.39, 0.29) is 6.54 Å². The van der Waals surface area contributed by atoms with Crippen molar-refractivity contribution in [3.8, 4) is 11.5 Å². The molecule has 3 aromatic rings. The summed E-state index contributed by atoms with van der Waals surface area (Å²) in [6.07, 6.45) is 2.46. The molecule has 0 bridgehead atoms. The zero-order valence-electron chi connectivity index (χ0n) is 17.7. The molecular formula is C24H25ClN2O4S. The van der Waals surface area contributed by atoms with Crippen LogP contribution >= 0.6 is 11.6 Å². The van der Waals surface area contributed by atoms with Crippen LogP contribution in [0.4, 0.5) is 5.69 Å². The summed E-state index contributed by atoms with van der Waals surface area (Å²) in [5, 5.41) is 3.48. The van der Waals surface area contributed by atoms with Gasteiger partial charge in [0.15, 0.2) is 5.75 Å². The molecule has 0 aliphatic rings. The van der Waals surface area contributed by atoms with Gasteiger partial charge in [-0.1, -0.05) is 60.1 Å². The molecule has 3 aromatic carbocycles. The highest BCUT2D eigenvalue weighted by atomic mass is 35.5. The van der Waals surface area contributed by atoms with Crippen LogP contribution < -0.4 is 14.4 Å². The first-order valence-electron chi connectivity index (χ1n) is 10.1. The first-order valence-corrected chi connectivity index (χ1v) is 12.4. The van der Waals surface area contributed by atoms with Gasteiger partial charge in [0.2, 0.25) is 15.9 Å². The quantitative estimate of drug-likeness (QED) is 0.436. The summed E-state index contributed by atoms with van der Waals surface area (Å²) >= 11 is 6.15. The molecule has 0 unspecified atom stereocenters. The number of rotatable bonds is 10. The number of hydrogen-bond acceptors (Lipinski definition) is 4. The lowest BCUT2D eigenvalue weighted by atomic mass is 10.1. The summed E-state index contributed by atoms with van der Waals surface area (Å²) in [7, 11) is -3.73. The molecule has 3 rings (SSSR count). The largest absolute Gasteiger partial charge is 0.455 e. The Hall–Kier alpha value is -3.03. The highest BCUT2D eigenvalue weighted by Gasteiger charge is 2.24. The Labute approximate surface area is 193 Å². The predicted molar refractivity (Wildman–Crippen MR) is 128 cm³/mol. The molecule has 8 heteroatoms. The summed E-state index contributed by atoms with van der Waals surface area (Å²) in [4.78, 5) is 12.5. The van der Waals surface area contributed by atoms with Crippen LogP contribution in [0, 0.1) is 0 Å². The maximum atomic E-state index is 12.5. The second-order valence-electron chi connectivity index (χ2n) is 7.20. The molecular weight excluding hydrogens is 448 g/mol. The van der Waals surface area contributed by atoms with Gasteiger partial charge in [0.25, 0.3) is 0 Å². The molecule has 6 nitrogen and oxygen atoms in total. The Morgan fingerprint density at radius 1 is 0.969 bits per heavy atom. The van der Waals surface area contributed by atoms with Crippen molar-refractivity contribution in [1.82, 2.24) is 5.32 Å². The normalized spacial score (nSPS) is 11.1. The highest BCUT2D eigenvalue weighted by molar-refractivity contribution is 7.92. The van der Waals surface area contributed by atoms with Gasteiger partial charge < -0.3 is 10.1 Å². The third-order valence-electron chi connectivity index (χ3n) is 4.70. The maximum absolute atomic E-state index is 12.5. The van der Waals surface area contributed by atoms with Crippen molar-refractivity contribution in [1.29, 1.82) is 0 Å². The molecule has 1 amide bonds. The fraction of sp³-hybridized carbons (Fsp3) is 0.208. The molecule has 0 saturated carbocycles. The van der Waals surface area contributed by atoms with Gasteiger partial charge in [-0.2, -0.15) is 0 Å². The Morgan fingerprint density at radius 3 is 2.34 bits per heavy atom. The highest BCUT2D eigenvalue weighted by Crippen LogP contribution is 2.33. The lowest BCUT2D eigenvalue weighted by molar-refractivity contribution is -0.119. The fourth-order valence-corrected chi connectivity index (χ4v) is 4.23. The van der Waals surface area contributed by atoms with Gasteiger partial charge >= 0.3 is 0 Å². The smallest absolute Gasteiger partial charge is 0.240 e. The molecule has 0 saturated heterocycles. The van der Waals surface area contributed by atoms with Gasteiger partial charge in [-0.25, -0.2) is 8.42 Å². The van der Waals surface area contributed by atoms with Crippen molar-refractivity contribution in [2.24, 2.45) is 0 Å². The van der Waals surface area contributed by atoms with Crippen molar-refractivity contribution in [2.45, 2.75) is 12.8 Å². The number of anilines is 1. The minimum atomic E-state index is -3.73. The van der Waals surface area contributed by atoms with E-state index in [0.29, 0.717) is 41.6 Å². The second-order valence-corrected chi connectivity index (χ2v) is 9.51. The molecule has 168 valence electrons. The van der Waals surface area contributed by atoms with Crippen LogP contribution in [0.25, 0.3) is 0 Å². The average Bonchev–Trinajstić information content (AvgIpc) is 2.77. The summed E-state index contributed by atoms with van der Waals surface area (Å²) < 4.78 is 31.9. The minimum absolute atomic E-state index is 0.296. The molecule has 0 aliphatic carbocycles. The molecule has 0 radical (unpaired) electrons. The number of sulfonamides is 1. The zero-order chi connectivity index (χ0) is 23.0. The van der Waals surface area contributed by atoms with E-state index >= 15 is 0 Å². The maximum Gasteiger partial charge on any atom is 0.240 e. The number of hydrogen-bond donors (Lipinski definition) is 1. The molecule has 0 spiro atoms. The number of amides is 1. The van der Waals surface area contributed by atoms with Gasteiger partial charge in [0.05, 0.1) is 11.9 Å². The van der Waals surface area contributed by atoms with E-state index in [1.807, 2.05) is 42.5 Å². The first kappa shape index (κ1) is 23.6. The van der Waals surface area contributed by atoms with E-state index in [4.69, 9.17) is 16.3 Å². The Morgan fingerprint density at radius 2 is 1.62 bits per heavy atom. The topological polar surface area (TPSA) is 75.7 Å². The van der Waals surface area contributed by atoms with Crippen LogP contribution in [0.3, 0.4) is 0 Å².